The summed E-state index contributed by atoms with van der Waals surface area (Å²) in [5, 5.41) is 3.30. The highest BCUT2D eigenvalue weighted by Crippen LogP contribution is 2.25. The van der Waals surface area contributed by atoms with Gasteiger partial charge in [-0.25, -0.2) is 8.42 Å². The number of anilines is 1. The molecule has 2 rings (SSSR count). The first-order valence-corrected chi connectivity index (χ1v) is 10.6. The smallest absolute Gasteiger partial charge is 0.264 e. The fourth-order valence-electron chi connectivity index (χ4n) is 2.36. The van der Waals surface area contributed by atoms with E-state index in [9.17, 15) is 13.2 Å². The number of nitrogens with one attached hydrogen (secondary N) is 1. The Morgan fingerprint density at radius 2 is 1.59 bits per heavy atom. The molecule has 2 aromatic carbocycles. The number of benzene rings is 2. The number of carbonyl (C=O) groups excluding carboxylic acids is 1. The molecule has 0 bridgehead atoms. The summed E-state index contributed by atoms with van der Waals surface area (Å²) in [4.78, 5) is 12.6. The van der Waals surface area contributed by atoms with Gasteiger partial charge in [0.05, 0.1) is 10.6 Å². The van der Waals surface area contributed by atoms with Crippen molar-refractivity contribution >= 4 is 33.2 Å². The Morgan fingerprint density at radius 1 is 1.04 bits per heavy atom. The molecule has 0 heterocycles. The van der Waals surface area contributed by atoms with E-state index >= 15 is 0 Å². The van der Waals surface area contributed by atoms with Crippen molar-refractivity contribution in [1.82, 2.24) is 5.32 Å². The average Bonchev–Trinajstić information content (AvgIpc) is 2.60. The maximum atomic E-state index is 13.2. The molecule has 146 valence electrons. The molecular weight excluding hydrogens is 384 g/mol. The number of hydrogen-bond acceptors (Lipinski definition) is 3. The van der Waals surface area contributed by atoms with Gasteiger partial charge in [0.2, 0.25) is 5.91 Å². The number of rotatable bonds is 7. The maximum absolute atomic E-state index is 13.2. The SMILES string of the molecule is Cc1ccc(N(CC(=O)N[C@@H](C)C(C)C)S(=O)(=O)c2ccc(Cl)cc2)cc1. The van der Waals surface area contributed by atoms with Gasteiger partial charge in [-0.15, -0.1) is 0 Å². The molecule has 2 aromatic rings. The van der Waals surface area contributed by atoms with E-state index in [4.69, 9.17) is 11.6 Å². The predicted octanol–water partition coefficient (Wildman–Crippen LogP) is 4.00. The van der Waals surface area contributed by atoms with E-state index < -0.39 is 10.0 Å². The summed E-state index contributed by atoms with van der Waals surface area (Å²) in [6.07, 6.45) is 0. The average molecular weight is 409 g/mol. The summed E-state index contributed by atoms with van der Waals surface area (Å²) in [5.74, 6) is -0.107. The molecule has 0 spiro atoms. The number of carbonyl (C=O) groups is 1. The summed E-state index contributed by atoms with van der Waals surface area (Å²) in [5.41, 5.74) is 1.43. The van der Waals surface area contributed by atoms with Crippen molar-refractivity contribution in [3.05, 3.63) is 59.1 Å². The third-order valence-electron chi connectivity index (χ3n) is 4.40. The molecule has 1 N–H and O–H groups in total. The van der Waals surface area contributed by atoms with Crippen LogP contribution in [-0.2, 0) is 14.8 Å². The molecule has 5 nitrogen and oxygen atoms in total. The van der Waals surface area contributed by atoms with Gasteiger partial charge < -0.3 is 5.32 Å². The topological polar surface area (TPSA) is 66.5 Å². The van der Waals surface area contributed by atoms with Gasteiger partial charge >= 0.3 is 0 Å². The van der Waals surface area contributed by atoms with Crippen LogP contribution in [-0.4, -0.2) is 26.9 Å². The van der Waals surface area contributed by atoms with Gasteiger partial charge in [0, 0.05) is 11.1 Å². The highest BCUT2D eigenvalue weighted by molar-refractivity contribution is 7.92. The van der Waals surface area contributed by atoms with Crippen LogP contribution < -0.4 is 9.62 Å². The molecule has 0 aliphatic heterocycles. The van der Waals surface area contributed by atoms with Gasteiger partial charge in [0.15, 0.2) is 0 Å². The molecule has 1 amide bonds. The number of halogens is 1. The summed E-state index contributed by atoms with van der Waals surface area (Å²) in [6, 6.07) is 12.9. The number of amides is 1. The van der Waals surface area contributed by atoms with Crippen LogP contribution in [0.25, 0.3) is 0 Å². The number of hydrogen-bond donors (Lipinski definition) is 1. The fraction of sp³-hybridized carbons (Fsp3) is 0.350. The van der Waals surface area contributed by atoms with Crippen molar-refractivity contribution in [2.24, 2.45) is 5.92 Å². The molecule has 0 saturated carbocycles. The number of aryl methyl sites for hydroxylation is 1. The Balaban J connectivity index is 2.39. The quantitative estimate of drug-likeness (QED) is 0.752. The van der Waals surface area contributed by atoms with Crippen LogP contribution in [0.15, 0.2) is 53.4 Å². The third-order valence-corrected chi connectivity index (χ3v) is 6.44. The molecule has 0 aromatic heterocycles. The van der Waals surface area contributed by atoms with Gasteiger partial charge in [-0.3, -0.25) is 9.10 Å². The Labute approximate surface area is 166 Å². The second kappa shape index (κ2) is 8.76. The highest BCUT2D eigenvalue weighted by atomic mass is 35.5. The predicted molar refractivity (Wildman–Crippen MR) is 110 cm³/mol. The lowest BCUT2D eigenvalue weighted by Crippen LogP contribution is -2.45. The molecule has 0 aliphatic rings. The first-order chi connectivity index (χ1) is 12.6. The third kappa shape index (κ3) is 5.47. The first-order valence-electron chi connectivity index (χ1n) is 8.75. The van der Waals surface area contributed by atoms with Gasteiger partial charge in [0.1, 0.15) is 6.54 Å². The minimum atomic E-state index is -3.92. The molecule has 7 heteroatoms. The molecular formula is C20H25ClN2O3S. The van der Waals surface area contributed by atoms with Crippen molar-refractivity contribution in [2.75, 3.05) is 10.8 Å². The largest absolute Gasteiger partial charge is 0.352 e. The zero-order valence-corrected chi connectivity index (χ0v) is 17.5. The van der Waals surface area contributed by atoms with Gasteiger partial charge in [0.25, 0.3) is 10.0 Å². The second-order valence-electron chi connectivity index (χ2n) is 6.90. The van der Waals surface area contributed by atoms with Crippen LogP contribution in [0.2, 0.25) is 5.02 Å². The molecule has 27 heavy (non-hydrogen) atoms. The summed E-state index contributed by atoms with van der Waals surface area (Å²) in [7, 11) is -3.92. The van der Waals surface area contributed by atoms with E-state index in [0.29, 0.717) is 10.7 Å². The van der Waals surface area contributed by atoms with Crippen LogP contribution in [0.1, 0.15) is 26.3 Å². The Hall–Kier alpha value is -2.05. The maximum Gasteiger partial charge on any atom is 0.264 e. The lowest BCUT2D eigenvalue weighted by molar-refractivity contribution is -0.120. The van der Waals surface area contributed by atoms with E-state index in [1.54, 1.807) is 12.1 Å². The Kier molecular flexibility index (Phi) is 6.89. The van der Waals surface area contributed by atoms with Gasteiger partial charge in [-0.1, -0.05) is 43.1 Å². The Bertz CT molecular complexity index is 878. The van der Waals surface area contributed by atoms with Gasteiger partial charge in [-0.05, 0) is 56.2 Å². The van der Waals surface area contributed by atoms with E-state index in [1.807, 2.05) is 39.8 Å². The molecule has 0 unspecified atom stereocenters. The van der Waals surface area contributed by atoms with Crippen LogP contribution >= 0.6 is 11.6 Å². The molecule has 1 atom stereocenters. The van der Waals surface area contributed by atoms with E-state index in [2.05, 4.69) is 5.32 Å². The number of sulfonamides is 1. The van der Waals surface area contributed by atoms with E-state index in [0.717, 1.165) is 9.87 Å². The van der Waals surface area contributed by atoms with Crippen molar-refractivity contribution in [1.29, 1.82) is 0 Å². The van der Waals surface area contributed by atoms with Crippen LogP contribution in [0, 0.1) is 12.8 Å². The normalized spacial score (nSPS) is 12.7. The van der Waals surface area contributed by atoms with Crippen molar-refractivity contribution < 1.29 is 13.2 Å². The van der Waals surface area contributed by atoms with Crippen molar-refractivity contribution in [3.63, 3.8) is 0 Å². The second-order valence-corrected chi connectivity index (χ2v) is 9.20. The first kappa shape index (κ1) is 21.3. The monoisotopic (exact) mass is 408 g/mol. The van der Waals surface area contributed by atoms with Crippen LogP contribution in [0.3, 0.4) is 0 Å². The lowest BCUT2D eigenvalue weighted by Gasteiger charge is -2.26. The minimum absolute atomic E-state index is 0.0596. The molecule has 0 saturated heterocycles. The van der Waals surface area contributed by atoms with Crippen molar-refractivity contribution in [2.45, 2.75) is 38.6 Å². The van der Waals surface area contributed by atoms with E-state index in [1.165, 1.54) is 24.3 Å². The Morgan fingerprint density at radius 3 is 2.11 bits per heavy atom. The molecule has 0 fully saturated rings. The highest BCUT2D eigenvalue weighted by Gasteiger charge is 2.27. The van der Waals surface area contributed by atoms with Crippen molar-refractivity contribution in [3.8, 4) is 0 Å². The minimum Gasteiger partial charge on any atom is -0.352 e. The number of nitrogens with zero attached hydrogens (tertiary/aromatic N) is 1. The molecule has 0 radical (unpaired) electrons. The van der Waals surface area contributed by atoms with Gasteiger partial charge in [-0.2, -0.15) is 0 Å². The zero-order chi connectivity index (χ0) is 20.2. The summed E-state index contributed by atoms with van der Waals surface area (Å²) >= 11 is 5.87. The fourth-order valence-corrected chi connectivity index (χ4v) is 3.90. The lowest BCUT2D eigenvalue weighted by atomic mass is 10.1. The molecule has 0 aliphatic carbocycles. The summed E-state index contributed by atoms with van der Waals surface area (Å²) in [6.45, 7) is 7.50. The summed E-state index contributed by atoms with van der Waals surface area (Å²) < 4.78 is 27.5. The van der Waals surface area contributed by atoms with E-state index in [-0.39, 0.29) is 29.3 Å². The standard InChI is InChI=1S/C20H25ClN2O3S/c1-14(2)16(4)22-20(24)13-23(18-9-5-15(3)6-10-18)27(25,26)19-11-7-17(21)8-12-19/h5-12,14,16H,13H2,1-4H3,(H,22,24)/t16-/m0/s1. The van der Waals surface area contributed by atoms with Crippen LogP contribution in [0.5, 0.6) is 0 Å². The zero-order valence-electron chi connectivity index (χ0n) is 15.9. The van der Waals surface area contributed by atoms with Crippen LogP contribution in [0.4, 0.5) is 5.69 Å².